The Balaban J connectivity index is 2.08. The first-order valence-corrected chi connectivity index (χ1v) is 4.70. The highest BCUT2D eigenvalue weighted by Gasteiger charge is 2.40. The monoisotopic (exact) mass is 183 g/mol. The second-order valence-electron chi connectivity index (χ2n) is 3.87. The van der Waals surface area contributed by atoms with Gasteiger partial charge in [-0.2, -0.15) is 0 Å². The Kier molecular flexibility index (Phi) is 1.98. The highest BCUT2D eigenvalue weighted by molar-refractivity contribution is 5.80. The Labute approximate surface area is 76.5 Å². The molecule has 1 N–H and O–H groups in total. The zero-order chi connectivity index (χ0) is 9.42. The summed E-state index contributed by atoms with van der Waals surface area (Å²) >= 11 is 0. The SMILES string of the molecule is O=C1CC[C@@H]2[C@@H](CCN2C(=O)O)C1. The van der Waals surface area contributed by atoms with Gasteiger partial charge in [0, 0.05) is 25.4 Å². The maximum atomic E-state index is 11.1. The third-order valence-electron chi connectivity index (χ3n) is 3.14. The first kappa shape index (κ1) is 8.53. The fourth-order valence-corrected chi connectivity index (χ4v) is 2.49. The Morgan fingerprint density at radius 2 is 2.23 bits per heavy atom. The lowest BCUT2D eigenvalue weighted by molar-refractivity contribution is -0.122. The van der Waals surface area contributed by atoms with Crippen LogP contribution in [-0.2, 0) is 4.79 Å². The van der Waals surface area contributed by atoms with Crippen molar-refractivity contribution in [3.63, 3.8) is 0 Å². The molecule has 0 spiro atoms. The van der Waals surface area contributed by atoms with Crippen LogP contribution in [0, 0.1) is 5.92 Å². The molecule has 1 heterocycles. The Bertz CT molecular complexity index is 251. The highest BCUT2D eigenvalue weighted by atomic mass is 16.4. The van der Waals surface area contributed by atoms with Gasteiger partial charge in [-0.25, -0.2) is 4.79 Å². The number of nitrogens with zero attached hydrogens (tertiary/aromatic N) is 1. The topological polar surface area (TPSA) is 57.6 Å². The largest absolute Gasteiger partial charge is 0.465 e. The lowest BCUT2D eigenvalue weighted by atomic mass is 9.84. The summed E-state index contributed by atoms with van der Waals surface area (Å²) in [6.07, 6.45) is 1.92. The Morgan fingerprint density at radius 1 is 1.46 bits per heavy atom. The second kappa shape index (κ2) is 3.01. The van der Waals surface area contributed by atoms with Gasteiger partial charge in [0.05, 0.1) is 0 Å². The summed E-state index contributed by atoms with van der Waals surface area (Å²) in [5.74, 6) is 0.603. The number of rotatable bonds is 0. The quantitative estimate of drug-likeness (QED) is 0.612. The first-order chi connectivity index (χ1) is 6.18. The maximum Gasteiger partial charge on any atom is 0.407 e. The summed E-state index contributed by atoms with van der Waals surface area (Å²) in [4.78, 5) is 23.4. The summed E-state index contributed by atoms with van der Waals surface area (Å²) in [6, 6.07) is 0.121. The van der Waals surface area contributed by atoms with Crippen LogP contribution in [0.4, 0.5) is 4.79 Å². The molecule has 72 valence electrons. The van der Waals surface area contributed by atoms with Crippen molar-refractivity contribution in [2.45, 2.75) is 31.7 Å². The minimum atomic E-state index is -0.832. The van der Waals surface area contributed by atoms with Crippen LogP contribution in [0.2, 0.25) is 0 Å². The van der Waals surface area contributed by atoms with Crippen molar-refractivity contribution in [1.29, 1.82) is 0 Å². The summed E-state index contributed by atoms with van der Waals surface area (Å²) in [5.41, 5.74) is 0. The van der Waals surface area contributed by atoms with E-state index in [1.165, 1.54) is 4.90 Å². The van der Waals surface area contributed by atoms with E-state index in [-0.39, 0.29) is 6.04 Å². The predicted octanol–water partition coefficient (Wildman–Crippen LogP) is 1.11. The van der Waals surface area contributed by atoms with Crippen molar-refractivity contribution < 1.29 is 14.7 Å². The molecule has 1 saturated heterocycles. The van der Waals surface area contributed by atoms with Gasteiger partial charge in [0.15, 0.2) is 0 Å². The van der Waals surface area contributed by atoms with Crippen molar-refractivity contribution in [3.8, 4) is 0 Å². The lowest BCUT2D eigenvalue weighted by Gasteiger charge is -2.29. The molecule has 2 aliphatic rings. The van der Waals surface area contributed by atoms with E-state index < -0.39 is 6.09 Å². The van der Waals surface area contributed by atoms with E-state index >= 15 is 0 Å². The highest BCUT2D eigenvalue weighted by Crippen LogP contribution is 2.34. The molecule has 0 unspecified atom stereocenters. The van der Waals surface area contributed by atoms with Crippen LogP contribution in [-0.4, -0.2) is 34.5 Å². The van der Waals surface area contributed by atoms with E-state index in [9.17, 15) is 9.59 Å². The van der Waals surface area contributed by atoms with Crippen LogP contribution in [0.25, 0.3) is 0 Å². The van der Waals surface area contributed by atoms with E-state index in [2.05, 4.69) is 0 Å². The summed E-state index contributed by atoms with van der Waals surface area (Å²) in [5, 5.41) is 8.86. The molecule has 13 heavy (non-hydrogen) atoms. The standard InChI is InChI=1S/C9H13NO3/c11-7-1-2-8-6(5-7)3-4-10(8)9(12)13/h6,8H,1-5H2,(H,12,13)/t6-,8+/m0/s1. The third-order valence-corrected chi connectivity index (χ3v) is 3.14. The molecule has 2 fully saturated rings. The van der Waals surface area contributed by atoms with Crippen LogP contribution < -0.4 is 0 Å². The van der Waals surface area contributed by atoms with Crippen molar-refractivity contribution >= 4 is 11.9 Å². The second-order valence-corrected chi connectivity index (χ2v) is 3.87. The number of ketones is 1. The molecule has 0 aromatic rings. The lowest BCUT2D eigenvalue weighted by Crippen LogP contribution is -2.39. The molecular weight excluding hydrogens is 170 g/mol. The average molecular weight is 183 g/mol. The van der Waals surface area contributed by atoms with Gasteiger partial charge in [0.25, 0.3) is 0 Å². The van der Waals surface area contributed by atoms with Crippen molar-refractivity contribution in [3.05, 3.63) is 0 Å². The normalized spacial score (nSPS) is 33.2. The van der Waals surface area contributed by atoms with Crippen molar-refractivity contribution in [1.82, 2.24) is 4.90 Å². The molecule has 1 amide bonds. The fraction of sp³-hybridized carbons (Fsp3) is 0.778. The molecule has 1 aliphatic carbocycles. The van der Waals surface area contributed by atoms with E-state index in [0.717, 1.165) is 12.8 Å². The average Bonchev–Trinajstić information content (AvgIpc) is 2.46. The van der Waals surface area contributed by atoms with E-state index in [1.54, 1.807) is 0 Å². The van der Waals surface area contributed by atoms with Gasteiger partial charge in [0.2, 0.25) is 0 Å². The van der Waals surface area contributed by atoms with Gasteiger partial charge in [0.1, 0.15) is 5.78 Å². The van der Waals surface area contributed by atoms with Gasteiger partial charge in [-0.1, -0.05) is 0 Å². The predicted molar refractivity (Wildman–Crippen MR) is 45.5 cm³/mol. The van der Waals surface area contributed by atoms with Gasteiger partial charge < -0.3 is 10.0 Å². The summed E-state index contributed by atoms with van der Waals surface area (Å²) in [6.45, 7) is 0.609. The third kappa shape index (κ3) is 1.41. The van der Waals surface area contributed by atoms with Crippen LogP contribution in [0.5, 0.6) is 0 Å². The number of fused-ring (bicyclic) bond motifs is 1. The number of carboxylic acid groups (broad SMARTS) is 1. The number of Topliss-reactive ketones (excluding diaryl/α,β-unsaturated/α-hetero) is 1. The fourth-order valence-electron chi connectivity index (χ4n) is 2.49. The van der Waals surface area contributed by atoms with E-state index in [0.29, 0.717) is 31.1 Å². The number of carbonyl (C=O) groups excluding carboxylic acids is 1. The molecule has 2 atom stereocenters. The summed E-state index contributed by atoms with van der Waals surface area (Å²) < 4.78 is 0. The molecular formula is C9H13NO3. The molecule has 1 aliphatic heterocycles. The smallest absolute Gasteiger partial charge is 0.407 e. The molecule has 4 nitrogen and oxygen atoms in total. The van der Waals surface area contributed by atoms with Crippen LogP contribution >= 0.6 is 0 Å². The number of carbonyl (C=O) groups is 2. The minimum absolute atomic E-state index is 0.121. The zero-order valence-electron chi connectivity index (χ0n) is 7.40. The number of hydrogen-bond donors (Lipinski definition) is 1. The molecule has 1 saturated carbocycles. The van der Waals surface area contributed by atoms with Crippen LogP contribution in [0.1, 0.15) is 25.7 Å². The summed E-state index contributed by atoms with van der Waals surface area (Å²) in [7, 11) is 0. The Morgan fingerprint density at radius 3 is 2.92 bits per heavy atom. The minimum Gasteiger partial charge on any atom is -0.465 e. The van der Waals surface area contributed by atoms with Gasteiger partial charge in [-0.3, -0.25) is 4.79 Å². The van der Waals surface area contributed by atoms with Gasteiger partial charge in [-0.05, 0) is 18.8 Å². The molecule has 0 radical (unpaired) electrons. The van der Waals surface area contributed by atoms with E-state index in [1.807, 2.05) is 0 Å². The maximum absolute atomic E-state index is 11.1. The molecule has 2 rings (SSSR count). The molecule has 0 aromatic carbocycles. The van der Waals surface area contributed by atoms with Crippen LogP contribution in [0.3, 0.4) is 0 Å². The number of amides is 1. The first-order valence-electron chi connectivity index (χ1n) is 4.70. The van der Waals surface area contributed by atoms with E-state index in [4.69, 9.17) is 5.11 Å². The van der Waals surface area contributed by atoms with Gasteiger partial charge in [-0.15, -0.1) is 0 Å². The number of likely N-dealkylation sites (tertiary alicyclic amines) is 1. The van der Waals surface area contributed by atoms with Crippen LogP contribution in [0.15, 0.2) is 0 Å². The number of hydrogen-bond acceptors (Lipinski definition) is 2. The van der Waals surface area contributed by atoms with Crippen molar-refractivity contribution in [2.75, 3.05) is 6.54 Å². The molecule has 4 heteroatoms. The molecule has 0 bridgehead atoms. The zero-order valence-corrected chi connectivity index (χ0v) is 7.40. The Hall–Kier alpha value is -1.06. The molecule has 0 aromatic heterocycles. The van der Waals surface area contributed by atoms with Crippen molar-refractivity contribution in [2.24, 2.45) is 5.92 Å². The van der Waals surface area contributed by atoms with Gasteiger partial charge >= 0.3 is 6.09 Å².